The molecule has 19 heavy (non-hydrogen) atoms. The predicted molar refractivity (Wildman–Crippen MR) is 80.0 cm³/mol. The molecule has 1 aromatic carbocycles. The number of nitrogens with one attached hydrogen (secondary N) is 1. The van der Waals surface area contributed by atoms with E-state index in [4.69, 9.17) is 0 Å². The van der Waals surface area contributed by atoms with Crippen molar-refractivity contribution in [2.24, 2.45) is 11.8 Å². The maximum atomic E-state index is 3.66. The van der Waals surface area contributed by atoms with Gasteiger partial charge in [0.2, 0.25) is 0 Å². The van der Waals surface area contributed by atoms with Crippen molar-refractivity contribution in [2.45, 2.75) is 45.1 Å². The van der Waals surface area contributed by atoms with Crippen molar-refractivity contribution >= 4 is 0 Å². The van der Waals surface area contributed by atoms with Crippen LogP contribution in [0.4, 0.5) is 0 Å². The maximum absolute atomic E-state index is 3.66. The normalized spacial score (nSPS) is 28.6. The average molecular weight is 253 g/mol. The van der Waals surface area contributed by atoms with E-state index in [2.05, 4.69) is 48.3 Å². The van der Waals surface area contributed by atoms with E-state index in [0.29, 0.717) is 6.04 Å². The highest BCUT2D eigenvalue weighted by Crippen LogP contribution is 2.61. The highest BCUT2D eigenvalue weighted by atomic mass is 14.9. The maximum Gasteiger partial charge on any atom is 0.0246 e. The minimum absolute atomic E-state index is 0.582. The molecule has 0 amide bonds. The van der Waals surface area contributed by atoms with Crippen LogP contribution in [0.15, 0.2) is 24.3 Å². The lowest BCUT2D eigenvalue weighted by Crippen LogP contribution is -2.31. The van der Waals surface area contributed by atoms with Crippen molar-refractivity contribution in [2.75, 3.05) is 6.54 Å². The lowest BCUT2D eigenvalue weighted by atomic mass is 9.92. The second-order valence-corrected chi connectivity index (χ2v) is 5.80. The Morgan fingerprint density at radius 2 is 2.21 bits per heavy atom. The van der Waals surface area contributed by atoms with Gasteiger partial charge >= 0.3 is 0 Å². The summed E-state index contributed by atoms with van der Waals surface area (Å²) in [7, 11) is 0. The summed E-state index contributed by atoms with van der Waals surface area (Å²) in [5.41, 5.74) is 3.21. The Kier molecular flexibility index (Phi) is 3.62. The Labute approximate surface area is 116 Å². The van der Waals surface area contributed by atoms with E-state index in [9.17, 15) is 0 Å². The number of hydrogen-bond acceptors (Lipinski definition) is 1. The number of hydrogen-bond donors (Lipinski definition) is 1. The number of rotatable bonds is 4. The average Bonchev–Trinajstić information content (AvgIpc) is 3.18. The second-order valence-electron chi connectivity index (χ2n) is 5.80. The zero-order chi connectivity index (χ0) is 13.2. The smallest absolute Gasteiger partial charge is 0.0246 e. The van der Waals surface area contributed by atoms with Gasteiger partial charge in [-0.25, -0.2) is 0 Å². The van der Waals surface area contributed by atoms with E-state index in [1.165, 1.54) is 12.8 Å². The molecule has 2 aliphatic rings. The van der Waals surface area contributed by atoms with Gasteiger partial charge in [-0.2, -0.15) is 0 Å². The Bertz CT molecular complexity index is 508. The Balaban J connectivity index is 1.79. The zero-order valence-electron chi connectivity index (χ0n) is 11.9. The van der Waals surface area contributed by atoms with Crippen LogP contribution in [0.2, 0.25) is 0 Å². The molecule has 100 valence electrons. The van der Waals surface area contributed by atoms with Gasteiger partial charge in [0.25, 0.3) is 0 Å². The van der Waals surface area contributed by atoms with Gasteiger partial charge in [0.15, 0.2) is 0 Å². The Hall–Kier alpha value is -1.26. The molecule has 0 aliphatic heterocycles. The van der Waals surface area contributed by atoms with Crippen LogP contribution in [0.3, 0.4) is 0 Å². The molecule has 4 atom stereocenters. The second kappa shape index (κ2) is 5.39. The van der Waals surface area contributed by atoms with Gasteiger partial charge in [0, 0.05) is 12.5 Å². The van der Waals surface area contributed by atoms with Crippen molar-refractivity contribution in [1.82, 2.24) is 5.32 Å². The summed E-state index contributed by atoms with van der Waals surface area (Å²) >= 11 is 0. The minimum atomic E-state index is 0.582. The predicted octanol–water partition coefficient (Wildman–Crippen LogP) is 3.35. The van der Waals surface area contributed by atoms with Crippen LogP contribution >= 0.6 is 0 Å². The molecule has 1 nitrogen and oxygen atoms in total. The molecule has 0 heterocycles. The molecule has 1 N–H and O–H groups in total. The first kappa shape index (κ1) is 12.8. The van der Waals surface area contributed by atoms with E-state index in [1.54, 1.807) is 11.1 Å². The first-order valence-corrected chi connectivity index (χ1v) is 7.57. The van der Waals surface area contributed by atoms with E-state index in [0.717, 1.165) is 30.7 Å². The fourth-order valence-electron chi connectivity index (χ4n) is 3.99. The van der Waals surface area contributed by atoms with Crippen LogP contribution in [0, 0.1) is 23.7 Å². The van der Waals surface area contributed by atoms with Crippen LogP contribution in [-0.4, -0.2) is 12.6 Å². The minimum Gasteiger partial charge on any atom is -0.313 e. The third kappa shape index (κ3) is 2.30. The molecule has 0 radical (unpaired) electrons. The molecule has 0 saturated heterocycles. The molecular weight excluding hydrogens is 230 g/mol. The van der Waals surface area contributed by atoms with Crippen molar-refractivity contribution < 1.29 is 0 Å². The first-order valence-electron chi connectivity index (χ1n) is 7.57. The standard InChI is InChI=1S/C18H23N/c1-3-5-10-16(19-4-2)18-15-12-11-13-8-6-7-9-14(13)17(15)18/h6-9,15-19H,4,10-12H2,1-2H3. The zero-order valence-corrected chi connectivity index (χ0v) is 11.9. The van der Waals surface area contributed by atoms with E-state index >= 15 is 0 Å². The van der Waals surface area contributed by atoms with E-state index in [-0.39, 0.29) is 0 Å². The molecule has 0 aromatic heterocycles. The molecule has 1 heteroatoms. The third-order valence-electron chi connectivity index (χ3n) is 4.82. The summed E-state index contributed by atoms with van der Waals surface area (Å²) in [6, 6.07) is 9.62. The topological polar surface area (TPSA) is 12.0 Å². The summed E-state index contributed by atoms with van der Waals surface area (Å²) < 4.78 is 0. The summed E-state index contributed by atoms with van der Waals surface area (Å²) in [6.07, 6.45) is 3.64. The van der Waals surface area contributed by atoms with Crippen LogP contribution in [-0.2, 0) is 6.42 Å². The monoisotopic (exact) mass is 253 g/mol. The van der Waals surface area contributed by atoms with Crippen molar-refractivity contribution in [3.8, 4) is 11.8 Å². The van der Waals surface area contributed by atoms with Crippen LogP contribution in [0.1, 0.15) is 43.7 Å². The quantitative estimate of drug-likeness (QED) is 0.811. The highest BCUT2D eigenvalue weighted by Gasteiger charge is 2.55. The SMILES string of the molecule is CC#CCC(NCC)C1C2CCc3ccccc3C21. The van der Waals surface area contributed by atoms with Crippen LogP contribution in [0.5, 0.6) is 0 Å². The lowest BCUT2D eigenvalue weighted by Gasteiger charge is -2.15. The summed E-state index contributed by atoms with van der Waals surface area (Å²) in [5.74, 6) is 8.83. The highest BCUT2D eigenvalue weighted by molar-refractivity contribution is 5.40. The van der Waals surface area contributed by atoms with Gasteiger partial charge in [-0.3, -0.25) is 0 Å². The van der Waals surface area contributed by atoms with Gasteiger partial charge in [-0.15, -0.1) is 11.8 Å². The summed E-state index contributed by atoms with van der Waals surface area (Å²) in [6.45, 7) is 5.19. The van der Waals surface area contributed by atoms with E-state index in [1.807, 2.05) is 6.92 Å². The fourth-order valence-corrected chi connectivity index (χ4v) is 3.99. The number of benzene rings is 1. The van der Waals surface area contributed by atoms with Crippen LogP contribution < -0.4 is 5.32 Å². The number of fused-ring (bicyclic) bond motifs is 3. The Morgan fingerprint density at radius 3 is 3.00 bits per heavy atom. The number of aryl methyl sites for hydroxylation is 1. The molecule has 0 bridgehead atoms. The third-order valence-corrected chi connectivity index (χ3v) is 4.82. The molecule has 2 aliphatic carbocycles. The summed E-state index contributed by atoms with van der Waals surface area (Å²) in [4.78, 5) is 0. The van der Waals surface area contributed by atoms with E-state index < -0.39 is 0 Å². The largest absolute Gasteiger partial charge is 0.313 e. The molecule has 4 unspecified atom stereocenters. The molecular formula is C18H23N. The van der Waals surface area contributed by atoms with Crippen LogP contribution in [0.25, 0.3) is 0 Å². The molecule has 0 spiro atoms. The van der Waals surface area contributed by atoms with Crippen molar-refractivity contribution in [1.29, 1.82) is 0 Å². The Morgan fingerprint density at radius 1 is 1.37 bits per heavy atom. The van der Waals surface area contributed by atoms with Gasteiger partial charge in [-0.05, 0) is 55.2 Å². The molecule has 3 rings (SSSR count). The molecule has 1 saturated carbocycles. The molecule has 1 fully saturated rings. The van der Waals surface area contributed by atoms with Gasteiger partial charge in [-0.1, -0.05) is 31.2 Å². The lowest BCUT2D eigenvalue weighted by molar-refractivity contribution is 0.451. The van der Waals surface area contributed by atoms with Crippen molar-refractivity contribution in [3.63, 3.8) is 0 Å². The molecule has 1 aromatic rings. The first-order chi connectivity index (χ1) is 9.36. The van der Waals surface area contributed by atoms with Gasteiger partial charge in [0.1, 0.15) is 0 Å². The van der Waals surface area contributed by atoms with Crippen molar-refractivity contribution in [3.05, 3.63) is 35.4 Å². The fraction of sp³-hybridized carbons (Fsp3) is 0.556. The summed E-state index contributed by atoms with van der Waals surface area (Å²) in [5, 5.41) is 3.66. The van der Waals surface area contributed by atoms with Gasteiger partial charge in [0.05, 0.1) is 0 Å². The van der Waals surface area contributed by atoms with Gasteiger partial charge < -0.3 is 5.32 Å².